The molecule has 0 amide bonds. The predicted molar refractivity (Wildman–Crippen MR) is 103 cm³/mol. The molecule has 0 bridgehead atoms. The largest absolute Gasteiger partial charge is 0.472 e. The number of rotatable bonds is 8. The highest BCUT2D eigenvalue weighted by Gasteiger charge is 2.22. The Morgan fingerprint density at radius 1 is 0.786 bits per heavy atom. The Hall–Kier alpha value is -1.80. The van der Waals surface area contributed by atoms with Crippen LogP contribution in [-0.2, 0) is 9.47 Å². The van der Waals surface area contributed by atoms with E-state index in [1.54, 1.807) is 0 Å². The van der Waals surface area contributed by atoms with Gasteiger partial charge in [-0.05, 0) is 0 Å². The van der Waals surface area contributed by atoms with Crippen LogP contribution < -0.4 is 19.3 Å². The van der Waals surface area contributed by atoms with E-state index in [0.29, 0.717) is 49.8 Å². The molecule has 2 aliphatic rings. The van der Waals surface area contributed by atoms with Gasteiger partial charge < -0.3 is 33.9 Å². The Bertz CT molecular complexity index is 674. The van der Waals surface area contributed by atoms with Gasteiger partial charge in [-0.1, -0.05) is 0 Å². The lowest BCUT2D eigenvalue weighted by molar-refractivity contribution is 0.0599. The third-order valence-electron chi connectivity index (χ3n) is 4.33. The highest BCUT2D eigenvalue weighted by atomic mass is 32.1. The number of ether oxygens (including phenoxy) is 4. The maximum atomic E-state index is 10.2. The number of aliphatic hydroxyl groups is 1. The van der Waals surface area contributed by atoms with Gasteiger partial charge in [-0.15, -0.1) is 8.75 Å². The van der Waals surface area contributed by atoms with Gasteiger partial charge >= 0.3 is 0 Å². The van der Waals surface area contributed by atoms with Crippen molar-refractivity contribution in [3.05, 3.63) is 0 Å². The number of aliphatic hydroxyl groups excluding tert-OH is 1. The molecule has 4 heterocycles. The van der Waals surface area contributed by atoms with Crippen molar-refractivity contribution in [2.45, 2.75) is 6.10 Å². The molecule has 2 aromatic rings. The van der Waals surface area contributed by atoms with Crippen LogP contribution in [0.25, 0.3) is 0 Å². The monoisotopic (exact) mass is 430 g/mol. The SMILES string of the molecule is OC(COc1nsnc1N1CCOCC1)COc1nsnc1N1CCOCC1. The van der Waals surface area contributed by atoms with Crippen LogP contribution in [-0.4, -0.2) is 94.5 Å². The standard InChI is InChI=1S/C15H22N6O5S2/c22-11(9-25-14-12(16-27-18-14)20-1-5-23-6-2-20)10-26-15-13(17-28-19-15)21-3-7-24-8-4-21/h11,22H,1-10H2. The molecule has 11 nitrogen and oxygen atoms in total. The van der Waals surface area contributed by atoms with Crippen LogP contribution >= 0.6 is 23.5 Å². The van der Waals surface area contributed by atoms with E-state index in [2.05, 4.69) is 27.3 Å². The summed E-state index contributed by atoms with van der Waals surface area (Å²) in [5.41, 5.74) is 0. The van der Waals surface area contributed by atoms with Gasteiger partial charge in [0, 0.05) is 26.2 Å². The van der Waals surface area contributed by atoms with Gasteiger partial charge in [-0.2, -0.15) is 8.75 Å². The number of aromatic nitrogens is 4. The van der Waals surface area contributed by atoms with Crippen molar-refractivity contribution in [3.63, 3.8) is 0 Å². The molecule has 0 radical (unpaired) electrons. The van der Waals surface area contributed by atoms with E-state index in [0.717, 1.165) is 49.6 Å². The zero-order chi connectivity index (χ0) is 19.2. The Morgan fingerprint density at radius 2 is 1.21 bits per heavy atom. The molecule has 2 aliphatic heterocycles. The fraction of sp³-hybridized carbons (Fsp3) is 0.733. The smallest absolute Gasteiger partial charge is 0.270 e. The molecular formula is C15H22N6O5S2. The van der Waals surface area contributed by atoms with Crippen LogP contribution in [0.3, 0.4) is 0 Å². The van der Waals surface area contributed by atoms with Gasteiger partial charge in [0.05, 0.1) is 49.9 Å². The van der Waals surface area contributed by atoms with Crippen molar-refractivity contribution in [2.24, 2.45) is 0 Å². The minimum Gasteiger partial charge on any atom is -0.472 e. The van der Waals surface area contributed by atoms with Crippen LogP contribution in [0.1, 0.15) is 0 Å². The van der Waals surface area contributed by atoms with Crippen LogP contribution in [0.5, 0.6) is 11.8 Å². The zero-order valence-corrected chi connectivity index (χ0v) is 16.9. The van der Waals surface area contributed by atoms with E-state index in [4.69, 9.17) is 18.9 Å². The van der Waals surface area contributed by atoms with Crippen molar-refractivity contribution >= 4 is 35.1 Å². The van der Waals surface area contributed by atoms with Crippen LogP contribution in [0.2, 0.25) is 0 Å². The van der Waals surface area contributed by atoms with E-state index >= 15 is 0 Å². The summed E-state index contributed by atoms with van der Waals surface area (Å²) in [5.74, 6) is 2.24. The lowest BCUT2D eigenvalue weighted by atomic mass is 10.4. The Labute approximate surface area is 170 Å². The minimum atomic E-state index is -0.835. The van der Waals surface area contributed by atoms with Crippen molar-refractivity contribution in [2.75, 3.05) is 75.6 Å². The first-order valence-electron chi connectivity index (χ1n) is 9.05. The number of anilines is 2. The Balaban J connectivity index is 1.26. The number of morpholine rings is 2. The van der Waals surface area contributed by atoms with Crippen molar-refractivity contribution < 1.29 is 24.1 Å². The third kappa shape index (κ3) is 4.78. The van der Waals surface area contributed by atoms with Crippen molar-refractivity contribution in [3.8, 4) is 11.8 Å². The molecule has 0 aliphatic carbocycles. The highest BCUT2D eigenvalue weighted by Crippen LogP contribution is 2.27. The average molecular weight is 431 g/mol. The minimum absolute atomic E-state index is 0.0488. The number of nitrogens with zero attached hydrogens (tertiary/aromatic N) is 6. The molecule has 13 heteroatoms. The normalized spacial score (nSPS) is 17.9. The summed E-state index contributed by atoms with van der Waals surface area (Å²) >= 11 is 2.18. The van der Waals surface area contributed by atoms with Gasteiger partial charge in [0.1, 0.15) is 19.3 Å². The molecule has 2 fully saturated rings. The molecule has 28 heavy (non-hydrogen) atoms. The molecule has 0 unspecified atom stereocenters. The van der Waals surface area contributed by atoms with Gasteiger partial charge in [-0.3, -0.25) is 0 Å². The molecule has 4 rings (SSSR count). The third-order valence-corrected chi connectivity index (χ3v) is 5.33. The summed E-state index contributed by atoms with van der Waals surface area (Å²) in [5, 5.41) is 10.2. The molecule has 0 spiro atoms. The van der Waals surface area contributed by atoms with Gasteiger partial charge in [0.25, 0.3) is 11.8 Å². The Kier molecular flexibility index (Phi) is 6.69. The van der Waals surface area contributed by atoms with Gasteiger partial charge in [0.15, 0.2) is 0 Å². The zero-order valence-electron chi connectivity index (χ0n) is 15.2. The molecule has 154 valence electrons. The van der Waals surface area contributed by atoms with Crippen LogP contribution in [0.4, 0.5) is 11.6 Å². The van der Waals surface area contributed by atoms with Crippen molar-refractivity contribution in [1.29, 1.82) is 0 Å². The second-order valence-corrected chi connectivity index (χ2v) is 7.32. The summed E-state index contributed by atoms with van der Waals surface area (Å²) in [6, 6.07) is 0. The number of hydrogen-bond acceptors (Lipinski definition) is 13. The fourth-order valence-corrected chi connectivity index (χ4v) is 3.91. The molecule has 0 saturated carbocycles. The van der Waals surface area contributed by atoms with E-state index in [1.807, 2.05) is 0 Å². The number of hydrogen-bond donors (Lipinski definition) is 1. The quantitative estimate of drug-likeness (QED) is 0.604. The summed E-state index contributed by atoms with van der Waals surface area (Å²) < 4.78 is 39.0. The van der Waals surface area contributed by atoms with Crippen molar-refractivity contribution in [1.82, 2.24) is 17.5 Å². The Morgan fingerprint density at radius 3 is 1.64 bits per heavy atom. The molecular weight excluding hydrogens is 408 g/mol. The second kappa shape index (κ2) is 9.60. The van der Waals surface area contributed by atoms with E-state index in [9.17, 15) is 5.11 Å². The van der Waals surface area contributed by atoms with E-state index in [1.165, 1.54) is 0 Å². The first kappa shape index (κ1) is 19.5. The maximum absolute atomic E-state index is 10.2. The van der Waals surface area contributed by atoms with Gasteiger partial charge in [-0.25, -0.2) is 0 Å². The lowest BCUT2D eigenvalue weighted by Crippen LogP contribution is -2.37. The van der Waals surface area contributed by atoms with Gasteiger partial charge in [0.2, 0.25) is 11.6 Å². The topological polar surface area (TPSA) is 115 Å². The van der Waals surface area contributed by atoms with E-state index in [-0.39, 0.29) is 13.2 Å². The van der Waals surface area contributed by atoms with Crippen LogP contribution in [0.15, 0.2) is 0 Å². The lowest BCUT2D eigenvalue weighted by Gasteiger charge is -2.27. The maximum Gasteiger partial charge on any atom is 0.270 e. The molecule has 0 aromatic carbocycles. The molecule has 0 atom stereocenters. The molecule has 2 saturated heterocycles. The summed E-state index contributed by atoms with van der Waals surface area (Å²) in [4.78, 5) is 4.14. The highest BCUT2D eigenvalue weighted by molar-refractivity contribution is 6.99. The second-order valence-electron chi connectivity index (χ2n) is 6.26. The predicted octanol–water partition coefficient (Wildman–Crippen LogP) is -0.118. The summed E-state index contributed by atoms with van der Waals surface area (Å²) in [6.45, 7) is 5.69. The molecule has 2 aromatic heterocycles. The summed E-state index contributed by atoms with van der Waals surface area (Å²) in [7, 11) is 0. The van der Waals surface area contributed by atoms with E-state index < -0.39 is 6.10 Å². The molecule has 1 N–H and O–H groups in total. The fourth-order valence-electron chi connectivity index (χ4n) is 2.87. The summed E-state index contributed by atoms with van der Waals surface area (Å²) in [6.07, 6.45) is -0.835. The average Bonchev–Trinajstić information content (AvgIpc) is 3.41. The first-order chi connectivity index (χ1) is 13.8. The first-order valence-corrected chi connectivity index (χ1v) is 10.5. The van der Waals surface area contributed by atoms with Crippen LogP contribution in [0, 0.1) is 0 Å².